The highest BCUT2D eigenvalue weighted by atomic mass is 35.5. The maximum absolute atomic E-state index is 12.3. The number of nitrogens with zero attached hydrogens (tertiary/aromatic N) is 6. The van der Waals surface area contributed by atoms with Gasteiger partial charge in [-0.1, -0.05) is 30.9 Å². The number of carbonyl (C=O) groups is 1. The van der Waals surface area contributed by atoms with Crippen molar-refractivity contribution in [1.29, 1.82) is 0 Å². The second-order valence-electron chi connectivity index (χ2n) is 7.44. The lowest BCUT2D eigenvalue weighted by Gasteiger charge is -2.23. The molecular formula is C21H23ClN6O2. The molecule has 0 aliphatic carbocycles. The van der Waals surface area contributed by atoms with E-state index in [1.54, 1.807) is 26.2 Å². The zero-order chi connectivity index (χ0) is 21.7. The van der Waals surface area contributed by atoms with E-state index in [0.29, 0.717) is 28.4 Å². The van der Waals surface area contributed by atoms with Crippen LogP contribution in [0.15, 0.2) is 18.7 Å². The number of unbranched alkanes of at least 4 members (excludes halogenated alkanes) is 2. The number of hydrogen-bond acceptors (Lipinski definition) is 7. The third-order valence-electron chi connectivity index (χ3n) is 4.52. The van der Waals surface area contributed by atoms with Crippen molar-refractivity contribution in [2.45, 2.75) is 46.6 Å². The predicted octanol–water partition coefficient (Wildman–Crippen LogP) is 3.68. The third-order valence-corrected chi connectivity index (χ3v) is 4.78. The van der Waals surface area contributed by atoms with Crippen LogP contribution in [0.2, 0.25) is 5.15 Å². The van der Waals surface area contributed by atoms with Gasteiger partial charge in [0.1, 0.15) is 17.7 Å². The first-order valence-corrected chi connectivity index (χ1v) is 10.0. The van der Waals surface area contributed by atoms with E-state index in [2.05, 4.69) is 43.7 Å². The van der Waals surface area contributed by atoms with Crippen molar-refractivity contribution >= 4 is 28.7 Å². The van der Waals surface area contributed by atoms with Crippen molar-refractivity contribution < 1.29 is 9.53 Å². The fraction of sp³-hybridized carbons (Fsp3) is 0.429. The number of fused-ring (bicyclic) bond motifs is 1. The Morgan fingerprint density at radius 2 is 1.97 bits per heavy atom. The van der Waals surface area contributed by atoms with Crippen LogP contribution < -0.4 is 0 Å². The van der Waals surface area contributed by atoms with Crippen LogP contribution in [0.25, 0.3) is 22.6 Å². The average molecular weight is 427 g/mol. The summed E-state index contributed by atoms with van der Waals surface area (Å²) in [5.41, 5.74) is 0.751. The van der Waals surface area contributed by atoms with Crippen LogP contribution in [0.5, 0.6) is 0 Å². The Kier molecular flexibility index (Phi) is 6.63. The van der Waals surface area contributed by atoms with E-state index in [-0.39, 0.29) is 17.7 Å². The van der Waals surface area contributed by atoms with Crippen molar-refractivity contribution in [3.05, 3.63) is 29.7 Å². The maximum Gasteiger partial charge on any atom is 0.313 e. The molecule has 0 saturated carbocycles. The summed E-state index contributed by atoms with van der Waals surface area (Å²) >= 11 is 6.42. The van der Waals surface area contributed by atoms with Crippen LogP contribution in [0.3, 0.4) is 0 Å². The molecule has 0 N–H and O–H groups in total. The van der Waals surface area contributed by atoms with E-state index in [4.69, 9.17) is 16.3 Å². The molecule has 0 aliphatic heterocycles. The molecule has 156 valence electrons. The summed E-state index contributed by atoms with van der Waals surface area (Å²) < 4.78 is 6.78. The molecule has 0 atom stereocenters. The number of aromatic nitrogens is 6. The summed E-state index contributed by atoms with van der Waals surface area (Å²) in [5.74, 6) is 6.55. The monoisotopic (exact) mass is 426 g/mol. The standard InChI is InChI=1S/C21H23ClN6O2/c1-5-6-7-8-9-15-25-17(22)16-19(26-15)28(12-21(2,3)20(29)30-4)18(27-16)14-10-23-13-24-11-14/h10-11,13H,5-7,12H2,1-4H3. The molecule has 0 aromatic carbocycles. The summed E-state index contributed by atoms with van der Waals surface area (Å²) in [7, 11) is 1.37. The van der Waals surface area contributed by atoms with Gasteiger partial charge in [0.05, 0.1) is 18.1 Å². The van der Waals surface area contributed by atoms with Gasteiger partial charge in [0, 0.05) is 25.4 Å². The molecule has 0 bridgehead atoms. The van der Waals surface area contributed by atoms with Gasteiger partial charge in [-0.05, 0) is 26.2 Å². The van der Waals surface area contributed by atoms with Gasteiger partial charge in [0.2, 0.25) is 5.82 Å². The van der Waals surface area contributed by atoms with Crippen LogP contribution in [0.4, 0.5) is 0 Å². The minimum atomic E-state index is -0.836. The lowest BCUT2D eigenvalue weighted by molar-refractivity contribution is -0.151. The number of ether oxygens (including phenoxy) is 1. The second-order valence-corrected chi connectivity index (χ2v) is 7.80. The average Bonchev–Trinajstić information content (AvgIpc) is 3.09. The van der Waals surface area contributed by atoms with Crippen LogP contribution in [-0.2, 0) is 16.1 Å². The molecule has 8 nitrogen and oxygen atoms in total. The molecule has 30 heavy (non-hydrogen) atoms. The van der Waals surface area contributed by atoms with Crippen molar-refractivity contribution in [3.63, 3.8) is 0 Å². The molecule has 9 heteroatoms. The maximum atomic E-state index is 12.3. The lowest BCUT2D eigenvalue weighted by Crippen LogP contribution is -2.31. The number of rotatable bonds is 6. The molecule has 0 aliphatic rings. The number of esters is 1. The fourth-order valence-corrected chi connectivity index (χ4v) is 3.16. The smallest absolute Gasteiger partial charge is 0.313 e. The summed E-state index contributed by atoms with van der Waals surface area (Å²) in [6.45, 7) is 5.96. The Balaban J connectivity index is 2.18. The summed E-state index contributed by atoms with van der Waals surface area (Å²) in [6, 6.07) is 0. The highest BCUT2D eigenvalue weighted by molar-refractivity contribution is 6.33. The minimum absolute atomic E-state index is 0.201. The first-order valence-electron chi connectivity index (χ1n) is 9.63. The lowest BCUT2D eigenvalue weighted by atomic mass is 9.93. The van der Waals surface area contributed by atoms with E-state index < -0.39 is 5.41 Å². The molecule has 3 aromatic heterocycles. The van der Waals surface area contributed by atoms with Gasteiger partial charge in [0.25, 0.3) is 0 Å². The zero-order valence-corrected chi connectivity index (χ0v) is 18.2. The normalized spacial score (nSPS) is 11.2. The highest BCUT2D eigenvalue weighted by Gasteiger charge is 2.32. The molecule has 0 amide bonds. The Bertz CT molecular complexity index is 1120. The Labute approximate surface area is 180 Å². The van der Waals surface area contributed by atoms with Crippen molar-refractivity contribution in [3.8, 4) is 23.2 Å². The van der Waals surface area contributed by atoms with Crippen molar-refractivity contribution in [2.75, 3.05) is 7.11 Å². The van der Waals surface area contributed by atoms with Gasteiger partial charge >= 0.3 is 5.97 Å². The quantitative estimate of drug-likeness (QED) is 0.257. The Morgan fingerprint density at radius 3 is 2.63 bits per heavy atom. The van der Waals surface area contributed by atoms with E-state index in [1.165, 1.54) is 13.4 Å². The van der Waals surface area contributed by atoms with Gasteiger partial charge in [-0.15, -0.1) is 0 Å². The largest absolute Gasteiger partial charge is 0.469 e. The highest BCUT2D eigenvalue weighted by Crippen LogP contribution is 2.30. The predicted molar refractivity (Wildman–Crippen MR) is 114 cm³/mol. The number of methoxy groups -OCH3 is 1. The number of carbonyl (C=O) groups excluding carboxylic acids is 1. The summed E-state index contributed by atoms with van der Waals surface area (Å²) in [5, 5.41) is 0.201. The number of hydrogen-bond donors (Lipinski definition) is 0. The van der Waals surface area contributed by atoms with E-state index in [1.807, 2.05) is 4.57 Å². The first-order chi connectivity index (χ1) is 14.4. The Hall–Kier alpha value is -3.05. The fourth-order valence-electron chi connectivity index (χ4n) is 2.95. The van der Waals surface area contributed by atoms with Crippen LogP contribution in [0.1, 0.15) is 45.9 Å². The summed E-state index contributed by atoms with van der Waals surface area (Å²) in [4.78, 5) is 34.0. The van der Waals surface area contributed by atoms with Crippen LogP contribution >= 0.6 is 11.6 Å². The third kappa shape index (κ3) is 4.57. The van der Waals surface area contributed by atoms with Crippen LogP contribution in [0, 0.1) is 17.3 Å². The van der Waals surface area contributed by atoms with Gasteiger partial charge in [-0.25, -0.2) is 24.9 Å². The number of imidazole rings is 1. The molecule has 3 aromatic rings. The molecule has 0 radical (unpaired) electrons. The molecule has 0 spiro atoms. The SMILES string of the molecule is CCCCC#Cc1nc(Cl)c2nc(-c3cncnc3)n(CC(C)(C)C(=O)OC)c2n1. The van der Waals surface area contributed by atoms with E-state index >= 15 is 0 Å². The summed E-state index contributed by atoms with van der Waals surface area (Å²) in [6.07, 6.45) is 7.55. The minimum Gasteiger partial charge on any atom is -0.469 e. The first kappa shape index (κ1) is 21.7. The molecule has 0 fully saturated rings. The van der Waals surface area contributed by atoms with E-state index in [9.17, 15) is 4.79 Å². The second kappa shape index (κ2) is 9.18. The zero-order valence-electron chi connectivity index (χ0n) is 17.4. The van der Waals surface area contributed by atoms with Crippen molar-refractivity contribution in [1.82, 2.24) is 29.5 Å². The molecule has 0 saturated heterocycles. The molecule has 3 heterocycles. The van der Waals surface area contributed by atoms with E-state index in [0.717, 1.165) is 19.3 Å². The van der Waals surface area contributed by atoms with Crippen LogP contribution in [-0.4, -0.2) is 42.6 Å². The van der Waals surface area contributed by atoms with Gasteiger partial charge in [0.15, 0.2) is 10.8 Å². The van der Waals surface area contributed by atoms with Gasteiger partial charge in [-0.3, -0.25) is 4.79 Å². The number of halogens is 1. The van der Waals surface area contributed by atoms with Gasteiger partial charge < -0.3 is 9.30 Å². The molecule has 0 unspecified atom stereocenters. The van der Waals surface area contributed by atoms with Gasteiger partial charge in [-0.2, -0.15) is 0 Å². The Morgan fingerprint density at radius 1 is 1.23 bits per heavy atom. The molecular weight excluding hydrogens is 404 g/mol. The van der Waals surface area contributed by atoms with Crippen molar-refractivity contribution in [2.24, 2.45) is 5.41 Å². The topological polar surface area (TPSA) is 95.7 Å². The molecule has 3 rings (SSSR count).